The van der Waals surface area contributed by atoms with E-state index in [0.29, 0.717) is 11.3 Å². The van der Waals surface area contributed by atoms with Crippen molar-refractivity contribution in [3.8, 4) is 0 Å². The van der Waals surface area contributed by atoms with E-state index in [-0.39, 0.29) is 5.91 Å². The fourth-order valence-electron chi connectivity index (χ4n) is 1.17. The van der Waals surface area contributed by atoms with Gasteiger partial charge in [-0.25, -0.2) is 0 Å². The maximum atomic E-state index is 11.0. The average Bonchev–Trinajstić information content (AvgIpc) is 2.07. The summed E-state index contributed by atoms with van der Waals surface area (Å²) >= 11 is 0. The topological polar surface area (TPSA) is 72.2 Å². The molecule has 0 fully saturated rings. The summed E-state index contributed by atoms with van der Waals surface area (Å²) in [4.78, 5) is 21.7. The van der Waals surface area contributed by atoms with E-state index in [9.17, 15) is 9.59 Å². The molecule has 0 radical (unpaired) electrons. The van der Waals surface area contributed by atoms with E-state index in [1.165, 1.54) is 6.92 Å². The number of carbonyl (C=O) groups excluding carboxylic acids is 2. The lowest BCUT2D eigenvalue weighted by molar-refractivity contribution is -0.114. The Bertz CT molecular complexity index is 386. The summed E-state index contributed by atoms with van der Waals surface area (Å²) < 4.78 is 0. The van der Waals surface area contributed by atoms with Crippen LogP contribution in [0.4, 0.5) is 5.69 Å². The Labute approximate surface area is 82.1 Å². The van der Waals surface area contributed by atoms with Crippen molar-refractivity contribution in [2.75, 3.05) is 5.32 Å². The van der Waals surface area contributed by atoms with Crippen LogP contribution in [-0.2, 0) is 4.79 Å². The molecule has 0 aliphatic rings. The van der Waals surface area contributed by atoms with Crippen molar-refractivity contribution in [3.63, 3.8) is 0 Å². The van der Waals surface area contributed by atoms with Gasteiger partial charge in [0, 0.05) is 18.2 Å². The van der Waals surface area contributed by atoms with Gasteiger partial charge in [0.05, 0.1) is 0 Å². The molecule has 0 atom stereocenters. The van der Waals surface area contributed by atoms with Crippen LogP contribution in [0, 0.1) is 6.92 Å². The first kappa shape index (κ1) is 10.2. The molecule has 0 saturated heterocycles. The lowest BCUT2D eigenvalue weighted by Crippen LogP contribution is -2.14. The first-order chi connectivity index (χ1) is 6.50. The van der Waals surface area contributed by atoms with E-state index in [0.717, 1.165) is 5.56 Å². The fraction of sp³-hybridized carbons (Fsp3) is 0.200. The number of aryl methyl sites for hydroxylation is 1. The monoisotopic (exact) mass is 192 g/mol. The maximum Gasteiger partial charge on any atom is 0.249 e. The highest BCUT2D eigenvalue weighted by Crippen LogP contribution is 2.14. The Morgan fingerprint density at radius 2 is 2.00 bits per heavy atom. The molecular weight excluding hydrogens is 180 g/mol. The van der Waals surface area contributed by atoms with Crippen LogP contribution in [0.1, 0.15) is 22.8 Å². The van der Waals surface area contributed by atoms with Gasteiger partial charge in [-0.05, 0) is 24.6 Å². The number of carbonyl (C=O) groups is 2. The molecule has 0 heterocycles. The molecule has 0 unspecified atom stereocenters. The summed E-state index contributed by atoms with van der Waals surface area (Å²) in [7, 11) is 0. The molecule has 2 amide bonds. The molecule has 1 aromatic rings. The Morgan fingerprint density at radius 1 is 1.36 bits per heavy atom. The number of hydrogen-bond acceptors (Lipinski definition) is 2. The number of nitrogens with two attached hydrogens (primary N) is 1. The van der Waals surface area contributed by atoms with Crippen LogP contribution in [0.25, 0.3) is 0 Å². The van der Waals surface area contributed by atoms with Gasteiger partial charge in [-0.1, -0.05) is 6.07 Å². The largest absolute Gasteiger partial charge is 0.366 e. The molecule has 0 aliphatic heterocycles. The molecule has 4 nitrogen and oxygen atoms in total. The van der Waals surface area contributed by atoms with E-state index < -0.39 is 5.91 Å². The summed E-state index contributed by atoms with van der Waals surface area (Å²) in [6.07, 6.45) is 0. The van der Waals surface area contributed by atoms with Gasteiger partial charge < -0.3 is 11.1 Å². The second-order valence-corrected chi connectivity index (χ2v) is 3.08. The number of primary amides is 1. The van der Waals surface area contributed by atoms with Gasteiger partial charge in [0.2, 0.25) is 11.8 Å². The molecule has 0 saturated carbocycles. The van der Waals surface area contributed by atoms with Crippen LogP contribution in [-0.4, -0.2) is 11.8 Å². The lowest BCUT2D eigenvalue weighted by atomic mass is 10.1. The second kappa shape index (κ2) is 3.91. The molecular formula is C10H12N2O2. The van der Waals surface area contributed by atoms with Crippen LogP contribution in [0.2, 0.25) is 0 Å². The van der Waals surface area contributed by atoms with Gasteiger partial charge in [-0.15, -0.1) is 0 Å². The minimum absolute atomic E-state index is 0.177. The van der Waals surface area contributed by atoms with Crippen molar-refractivity contribution in [1.29, 1.82) is 0 Å². The van der Waals surface area contributed by atoms with E-state index in [4.69, 9.17) is 5.73 Å². The van der Waals surface area contributed by atoms with Crippen molar-refractivity contribution in [2.24, 2.45) is 5.73 Å². The third kappa shape index (κ3) is 2.32. The number of anilines is 1. The number of hydrogen-bond donors (Lipinski definition) is 2. The summed E-state index contributed by atoms with van der Waals surface area (Å²) in [6.45, 7) is 3.20. The van der Waals surface area contributed by atoms with E-state index in [2.05, 4.69) is 5.32 Å². The molecule has 14 heavy (non-hydrogen) atoms. The number of rotatable bonds is 2. The Morgan fingerprint density at radius 3 is 2.50 bits per heavy atom. The Kier molecular flexibility index (Phi) is 2.86. The van der Waals surface area contributed by atoms with Gasteiger partial charge >= 0.3 is 0 Å². The molecule has 3 N–H and O–H groups in total. The highest BCUT2D eigenvalue weighted by atomic mass is 16.1. The Hall–Kier alpha value is -1.84. The standard InChI is InChI=1S/C10H12N2O2/c1-6-3-4-8(12-7(2)13)5-9(6)10(11)14/h3-5H,1-2H3,(H2,11,14)(H,12,13). The third-order valence-corrected chi connectivity index (χ3v) is 1.82. The SMILES string of the molecule is CC(=O)Nc1ccc(C)c(C(N)=O)c1. The molecule has 1 rings (SSSR count). The predicted octanol–water partition coefficient (Wildman–Crippen LogP) is 1.05. The first-order valence-electron chi connectivity index (χ1n) is 4.18. The number of nitrogens with one attached hydrogen (secondary N) is 1. The van der Waals surface area contributed by atoms with Crippen molar-refractivity contribution in [2.45, 2.75) is 13.8 Å². The maximum absolute atomic E-state index is 11.0. The van der Waals surface area contributed by atoms with Crippen LogP contribution in [0.5, 0.6) is 0 Å². The quantitative estimate of drug-likeness (QED) is 0.735. The van der Waals surface area contributed by atoms with Gasteiger partial charge in [0.25, 0.3) is 0 Å². The van der Waals surface area contributed by atoms with Crippen molar-refractivity contribution in [1.82, 2.24) is 0 Å². The van der Waals surface area contributed by atoms with Crippen molar-refractivity contribution in [3.05, 3.63) is 29.3 Å². The van der Waals surface area contributed by atoms with Crippen LogP contribution in [0.3, 0.4) is 0 Å². The van der Waals surface area contributed by atoms with Crippen LogP contribution in [0.15, 0.2) is 18.2 Å². The van der Waals surface area contributed by atoms with Gasteiger partial charge in [0.15, 0.2) is 0 Å². The second-order valence-electron chi connectivity index (χ2n) is 3.08. The summed E-state index contributed by atoms with van der Waals surface area (Å²) in [5.74, 6) is -0.668. The summed E-state index contributed by atoms with van der Waals surface area (Å²) in [5, 5.41) is 2.58. The molecule has 1 aromatic carbocycles. The minimum Gasteiger partial charge on any atom is -0.366 e. The average molecular weight is 192 g/mol. The minimum atomic E-state index is -0.491. The third-order valence-electron chi connectivity index (χ3n) is 1.82. The molecule has 74 valence electrons. The summed E-state index contributed by atoms with van der Waals surface area (Å²) in [6, 6.07) is 5.04. The van der Waals surface area contributed by atoms with Crippen molar-refractivity contribution >= 4 is 17.5 Å². The number of amides is 2. The zero-order valence-corrected chi connectivity index (χ0v) is 8.13. The molecule has 0 aliphatic carbocycles. The normalized spacial score (nSPS) is 9.57. The van der Waals surface area contributed by atoms with Gasteiger partial charge in [-0.2, -0.15) is 0 Å². The zero-order valence-electron chi connectivity index (χ0n) is 8.13. The number of benzene rings is 1. The zero-order chi connectivity index (χ0) is 10.7. The molecule has 0 spiro atoms. The molecule has 0 aromatic heterocycles. The summed E-state index contributed by atoms with van der Waals surface area (Å²) in [5.41, 5.74) is 6.97. The lowest BCUT2D eigenvalue weighted by Gasteiger charge is -2.05. The predicted molar refractivity (Wildman–Crippen MR) is 54.0 cm³/mol. The van der Waals surface area contributed by atoms with E-state index in [1.54, 1.807) is 25.1 Å². The van der Waals surface area contributed by atoms with E-state index in [1.807, 2.05) is 0 Å². The van der Waals surface area contributed by atoms with Crippen LogP contribution >= 0.6 is 0 Å². The highest BCUT2D eigenvalue weighted by molar-refractivity contribution is 5.97. The Balaban J connectivity index is 3.06. The first-order valence-corrected chi connectivity index (χ1v) is 4.18. The molecule has 0 bridgehead atoms. The fourth-order valence-corrected chi connectivity index (χ4v) is 1.17. The smallest absolute Gasteiger partial charge is 0.249 e. The highest BCUT2D eigenvalue weighted by Gasteiger charge is 2.06. The van der Waals surface area contributed by atoms with Crippen LogP contribution < -0.4 is 11.1 Å². The van der Waals surface area contributed by atoms with Gasteiger partial charge in [-0.3, -0.25) is 9.59 Å². The van der Waals surface area contributed by atoms with Crippen molar-refractivity contribution < 1.29 is 9.59 Å². The molecule has 4 heteroatoms. The van der Waals surface area contributed by atoms with E-state index >= 15 is 0 Å². The van der Waals surface area contributed by atoms with Gasteiger partial charge in [0.1, 0.15) is 0 Å².